The third kappa shape index (κ3) is 3.32. The minimum atomic E-state index is -3.51. The average Bonchev–Trinajstić information content (AvgIpc) is 3.34. The number of aromatic nitrogens is 2. The van der Waals surface area contributed by atoms with Gasteiger partial charge < -0.3 is 4.52 Å². The molecule has 0 aliphatic carbocycles. The molecule has 0 unspecified atom stereocenters. The van der Waals surface area contributed by atoms with E-state index < -0.39 is 10.0 Å². The molecule has 3 aromatic rings. The van der Waals surface area contributed by atoms with Crippen molar-refractivity contribution in [1.29, 1.82) is 0 Å². The van der Waals surface area contributed by atoms with Crippen LogP contribution in [0.2, 0.25) is 0 Å². The zero-order chi connectivity index (χ0) is 18.1. The Balaban J connectivity index is 1.55. The van der Waals surface area contributed by atoms with E-state index in [2.05, 4.69) is 10.1 Å². The number of hydrogen-bond acceptors (Lipinski definition) is 6. The summed E-state index contributed by atoms with van der Waals surface area (Å²) in [7, 11) is -3.51. The van der Waals surface area contributed by atoms with Crippen molar-refractivity contribution in [3.8, 4) is 10.7 Å². The van der Waals surface area contributed by atoms with Crippen molar-refractivity contribution in [3.63, 3.8) is 0 Å². The predicted octanol–water partition coefficient (Wildman–Crippen LogP) is 3.67. The highest BCUT2D eigenvalue weighted by molar-refractivity contribution is 7.89. The fourth-order valence-electron chi connectivity index (χ4n) is 3.13. The Morgan fingerprint density at radius 3 is 2.77 bits per heavy atom. The van der Waals surface area contributed by atoms with Gasteiger partial charge in [0.05, 0.1) is 15.7 Å². The maximum absolute atomic E-state index is 12.9. The lowest BCUT2D eigenvalue weighted by Crippen LogP contribution is -2.39. The largest absolute Gasteiger partial charge is 0.339 e. The molecule has 0 spiro atoms. The molecule has 26 heavy (non-hydrogen) atoms. The molecule has 1 saturated heterocycles. The quantitative estimate of drug-likeness (QED) is 0.680. The van der Waals surface area contributed by atoms with Crippen molar-refractivity contribution in [1.82, 2.24) is 14.4 Å². The third-order valence-corrected chi connectivity index (χ3v) is 7.32. The maximum Gasteiger partial charge on any atom is 0.243 e. The first kappa shape index (κ1) is 17.4. The van der Waals surface area contributed by atoms with Crippen molar-refractivity contribution in [2.75, 3.05) is 13.1 Å². The van der Waals surface area contributed by atoms with Crippen LogP contribution in [0.25, 0.3) is 10.7 Å². The molecule has 136 valence electrons. The first-order valence-corrected chi connectivity index (χ1v) is 10.8. The highest BCUT2D eigenvalue weighted by atomic mass is 32.2. The summed E-state index contributed by atoms with van der Waals surface area (Å²) >= 11 is 1.55. The van der Waals surface area contributed by atoms with E-state index in [0.717, 1.165) is 23.3 Å². The number of piperidine rings is 1. The molecule has 6 nitrogen and oxygen atoms in total. The molecule has 0 radical (unpaired) electrons. The Kier molecular flexibility index (Phi) is 4.64. The van der Waals surface area contributed by atoms with E-state index >= 15 is 0 Å². The van der Waals surface area contributed by atoms with Crippen molar-refractivity contribution in [2.45, 2.75) is 30.6 Å². The van der Waals surface area contributed by atoms with Gasteiger partial charge in [0.2, 0.25) is 21.7 Å². The lowest BCUT2D eigenvalue weighted by atomic mass is 10.00. The molecule has 0 amide bonds. The second-order valence-electron chi connectivity index (χ2n) is 6.45. The smallest absolute Gasteiger partial charge is 0.243 e. The van der Waals surface area contributed by atoms with Crippen LogP contribution in [0.5, 0.6) is 0 Å². The molecule has 1 fully saturated rings. The number of benzene rings is 1. The number of nitrogens with zero attached hydrogens (tertiary/aromatic N) is 3. The first-order chi connectivity index (χ1) is 12.5. The normalized spacial score (nSPS) is 18.9. The Labute approximate surface area is 156 Å². The Morgan fingerprint density at radius 2 is 2.04 bits per heavy atom. The maximum atomic E-state index is 12.9. The van der Waals surface area contributed by atoms with Gasteiger partial charge in [-0.2, -0.15) is 9.29 Å². The summed E-state index contributed by atoms with van der Waals surface area (Å²) < 4.78 is 32.8. The number of rotatable bonds is 4. The van der Waals surface area contributed by atoms with E-state index in [-0.39, 0.29) is 5.92 Å². The highest BCUT2D eigenvalue weighted by Gasteiger charge is 2.33. The standard InChI is InChI=1S/C18H19N3O3S2/c1-13-6-8-15(9-7-13)26(22,23)21-10-2-4-14(12-21)18-19-17(20-24-18)16-5-3-11-25-16/h3,5-9,11,14H,2,4,10,12H2,1H3/t14-/m0/s1. The summed E-state index contributed by atoms with van der Waals surface area (Å²) in [6.07, 6.45) is 1.61. The van der Waals surface area contributed by atoms with Gasteiger partial charge >= 0.3 is 0 Å². The van der Waals surface area contributed by atoms with Crippen molar-refractivity contribution in [2.24, 2.45) is 0 Å². The molecular weight excluding hydrogens is 370 g/mol. The summed E-state index contributed by atoms with van der Waals surface area (Å²) in [6.45, 7) is 2.81. The van der Waals surface area contributed by atoms with Gasteiger partial charge in [-0.05, 0) is 43.3 Å². The Hall–Kier alpha value is -2.03. The molecule has 0 saturated carbocycles. The van der Waals surface area contributed by atoms with Crippen LogP contribution in [-0.2, 0) is 10.0 Å². The first-order valence-electron chi connectivity index (χ1n) is 8.48. The van der Waals surface area contributed by atoms with Gasteiger partial charge in [-0.1, -0.05) is 28.9 Å². The van der Waals surface area contributed by atoms with Gasteiger partial charge in [0, 0.05) is 13.1 Å². The molecule has 3 heterocycles. The molecule has 2 aromatic heterocycles. The highest BCUT2D eigenvalue weighted by Crippen LogP contribution is 2.31. The third-order valence-electron chi connectivity index (χ3n) is 4.58. The second-order valence-corrected chi connectivity index (χ2v) is 9.33. The fraction of sp³-hybridized carbons (Fsp3) is 0.333. The summed E-state index contributed by atoms with van der Waals surface area (Å²) in [4.78, 5) is 5.76. The predicted molar refractivity (Wildman–Crippen MR) is 99.5 cm³/mol. The monoisotopic (exact) mass is 389 g/mol. The lowest BCUT2D eigenvalue weighted by molar-refractivity contribution is 0.265. The van der Waals surface area contributed by atoms with Crippen molar-refractivity contribution in [3.05, 3.63) is 53.2 Å². The average molecular weight is 390 g/mol. The SMILES string of the molecule is Cc1ccc(S(=O)(=O)N2CCC[C@H](c3nc(-c4cccs4)no3)C2)cc1. The van der Waals surface area contributed by atoms with E-state index in [1.807, 2.05) is 36.6 Å². The van der Waals surface area contributed by atoms with Crippen LogP contribution < -0.4 is 0 Å². The number of thiophene rings is 1. The van der Waals surface area contributed by atoms with Crippen LogP contribution >= 0.6 is 11.3 Å². The summed E-state index contributed by atoms with van der Waals surface area (Å²) in [5.74, 6) is 0.996. The minimum Gasteiger partial charge on any atom is -0.339 e. The molecule has 0 N–H and O–H groups in total. The topological polar surface area (TPSA) is 76.3 Å². The molecule has 1 atom stereocenters. The van der Waals surface area contributed by atoms with Gasteiger partial charge in [0.25, 0.3) is 0 Å². The summed E-state index contributed by atoms with van der Waals surface area (Å²) in [5, 5.41) is 6.01. The van der Waals surface area contributed by atoms with E-state index in [4.69, 9.17) is 4.52 Å². The van der Waals surface area contributed by atoms with Crippen LogP contribution in [0.1, 0.15) is 30.2 Å². The van der Waals surface area contributed by atoms with Crippen LogP contribution in [0.4, 0.5) is 0 Å². The fourth-order valence-corrected chi connectivity index (χ4v) is 5.30. The van der Waals surface area contributed by atoms with Gasteiger partial charge in [-0.25, -0.2) is 8.42 Å². The Morgan fingerprint density at radius 1 is 1.23 bits per heavy atom. The molecule has 0 bridgehead atoms. The molecule has 1 aliphatic heterocycles. The van der Waals surface area contributed by atoms with E-state index in [1.54, 1.807) is 23.5 Å². The summed E-state index contributed by atoms with van der Waals surface area (Å²) in [5.41, 5.74) is 1.03. The van der Waals surface area contributed by atoms with Gasteiger partial charge in [-0.15, -0.1) is 11.3 Å². The lowest BCUT2D eigenvalue weighted by Gasteiger charge is -2.30. The van der Waals surface area contributed by atoms with Crippen LogP contribution in [-0.4, -0.2) is 36.0 Å². The molecule has 4 rings (SSSR count). The number of hydrogen-bond donors (Lipinski definition) is 0. The molecular formula is C18H19N3O3S2. The molecule has 1 aliphatic rings. The number of sulfonamides is 1. The molecule has 8 heteroatoms. The van der Waals surface area contributed by atoms with Crippen LogP contribution in [0.15, 0.2) is 51.2 Å². The zero-order valence-corrected chi connectivity index (χ0v) is 16.0. The Bertz CT molecular complexity index is 979. The minimum absolute atomic E-state index is 0.0785. The van der Waals surface area contributed by atoms with E-state index in [9.17, 15) is 8.42 Å². The second kappa shape index (κ2) is 6.94. The number of aryl methyl sites for hydroxylation is 1. The zero-order valence-electron chi connectivity index (χ0n) is 14.3. The van der Waals surface area contributed by atoms with Crippen LogP contribution in [0, 0.1) is 6.92 Å². The van der Waals surface area contributed by atoms with Crippen molar-refractivity contribution >= 4 is 21.4 Å². The van der Waals surface area contributed by atoms with Crippen molar-refractivity contribution < 1.29 is 12.9 Å². The molecule has 1 aromatic carbocycles. The van der Waals surface area contributed by atoms with E-state index in [1.165, 1.54) is 4.31 Å². The van der Waals surface area contributed by atoms with Gasteiger partial charge in [0.15, 0.2) is 0 Å². The van der Waals surface area contributed by atoms with Crippen LogP contribution in [0.3, 0.4) is 0 Å². The summed E-state index contributed by atoms with van der Waals surface area (Å²) in [6, 6.07) is 10.8. The van der Waals surface area contributed by atoms with Gasteiger partial charge in [-0.3, -0.25) is 0 Å². The van der Waals surface area contributed by atoms with E-state index in [0.29, 0.717) is 29.7 Å². The van der Waals surface area contributed by atoms with Gasteiger partial charge in [0.1, 0.15) is 0 Å².